The molecule has 0 aliphatic heterocycles. The molecule has 51 heavy (non-hydrogen) atoms. The minimum atomic E-state index is 0.703. The second-order valence-corrected chi connectivity index (χ2v) is 13.3. The molecular formula is C46H29N5. The van der Waals surface area contributed by atoms with Gasteiger partial charge >= 0.3 is 0 Å². The van der Waals surface area contributed by atoms with Crippen molar-refractivity contribution in [1.82, 2.24) is 24.1 Å². The zero-order valence-electron chi connectivity index (χ0n) is 27.5. The first-order valence-electron chi connectivity index (χ1n) is 17.3. The number of nitrogens with zero attached hydrogens (tertiary/aromatic N) is 5. The number of para-hydroxylation sites is 4. The molecule has 0 fully saturated rings. The number of rotatable bonds is 4. The second kappa shape index (κ2) is 10.8. The molecule has 0 saturated heterocycles. The van der Waals surface area contributed by atoms with Crippen LogP contribution in [-0.4, -0.2) is 24.1 Å². The van der Waals surface area contributed by atoms with Crippen LogP contribution in [0.5, 0.6) is 0 Å². The number of aromatic nitrogens is 5. The lowest BCUT2D eigenvalue weighted by Crippen LogP contribution is -1.96. The van der Waals surface area contributed by atoms with Gasteiger partial charge < -0.3 is 9.13 Å². The van der Waals surface area contributed by atoms with Crippen LogP contribution in [0.25, 0.3) is 89.0 Å². The number of fused-ring (bicyclic) bond motifs is 9. The van der Waals surface area contributed by atoms with E-state index < -0.39 is 0 Å². The maximum absolute atomic E-state index is 5.29. The summed E-state index contributed by atoms with van der Waals surface area (Å²) >= 11 is 0. The lowest BCUT2D eigenvalue weighted by molar-refractivity contribution is 1.13. The monoisotopic (exact) mass is 651 g/mol. The molecule has 1 aliphatic carbocycles. The number of benzene rings is 6. The molecule has 1 aliphatic rings. The number of hydrogen-bond acceptors (Lipinski definition) is 3. The summed E-state index contributed by atoms with van der Waals surface area (Å²) in [5, 5.41) is 4.90. The fourth-order valence-corrected chi connectivity index (χ4v) is 8.03. The fourth-order valence-electron chi connectivity index (χ4n) is 8.03. The van der Waals surface area contributed by atoms with Gasteiger partial charge in [0.15, 0.2) is 5.82 Å². The topological polar surface area (TPSA) is 48.5 Å². The van der Waals surface area contributed by atoms with Crippen LogP contribution in [0.3, 0.4) is 0 Å². The second-order valence-electron chi connectivity index (χ2n) is 13.3. The van der Waals surface area contributed by atoms with Crippen LogP contribution in [-0.2, 0) is 6.42 Å². The zero-order valence-corrected chi connectivity index (χ0v) is 27.5. The van der Waals surface area contributed by atoms with Crippen molar-refractivity contribution < 1.29 is 0 Å². The van der Waals surface area contributed by atoms with Crippen LogP contribution in [0.15, 0.2) is 164 Å². The van der Waals surface area contributed by atoms with E-state index in [0.717, 1.165) is 62.6 Å². The van der Waals surface area contributed by atoms with Gasteiger partial charge in [-0.3, -0.25) is 0 Å². The van der Waals surface area contributed by atoms with Gasteiger partial charge in [0.2, 0.25) is 0 Å². The van der Waals surface area contributed by atoms with Gasteiger partial charge in [-0.05, 0) is 60.2 Å². The Morgan fingerprint density at radius 2 is 0.941 bits per heavy atom. The van der Waals surface area contributed by atoms with Gasteiger partial charge in [0, 0.05) is 62.2 Å². The van der Waals surface area contributed by atoms with Crippen LogP contribution in [0.4, 0.5) is 0 Å². The Balaban J connectivity index is 1.03. The summed E-state index contributed by atoms with van der Waals surface area (Å²) < 4.78 is 4.68. The van der Waals surface area contributed by atoms with E-state index in [1.807, 2.05) is 6.20 Å². The Labute approximate surface area is 293 Å². The normalized spacial score (nSPS) is 12.2. The molecule has 0 atom stereocenters. The van der Waals surface area contributed by atoms with E-state index in [9.17, 15) is 0 Å². The Bertz CT molecular complexity index is 2790. The molecule has 6 aromatic carbocycles. The Morgan fingerprint density at radius 3 is 1.59 bits per heavy atom. The molecule has 0 unspecified atom stereocenters. The summed E-state index contributed by atoms with van der Waals surface area (Å²) in [6, 6.07) is 56.0. The van der Waals surface area contributed by atoms with Crippen molar-refractivity contribution in [3.63, 3.8) is 0 Å². The van der Waals surface area contributed by atoms with Gasteiger partial charge in [-0.1, -0.05) is 103 Å². The molecule has 10 aromatic rings. The van der Waals surface area contributed by atoms with Gasteiger partial charge in [0.05, 0.1) is 39.1 Å². The van der Waals surface area contributed by atoms with E-state index in [0.29, 0.717) is 5.82 Å². The standard InChI is InChI=1S/C46H29N5/c1-3-11-33(12-4-1)50-40-17-9-7-15-35(40)37-22-19-29(26-42(37)50)39-24-21-30-25-32-28-47-46(49-45(32)44(30)48-39)31-20-23-38-36-16-8-10-18-41(36)51(43(38)27-31)34-13-5-2-6-14-34/h1-24,26-28H,25H2. The summed E-state index contributed by atoms with van der Waals surface area (Å²) in [4.78, 5) is 15.4. The van der Waals surface area contributed by atoms with Crippen LogP contribution in [0, 0.1) is 0 Å². The SMILES string of the molecule is c1ccc(-n2c3ccccc3c3ccc(-c4ccc5c(n4)-c4nc(-c6ccc7c8ccccc8n(-c8ccccc8)c7c6)ncc4C5)cc32)cc1. The predicted molar refractivity (Wildman–Crippen MR) is 208 cm³/mol. The molecule has 5 nitrogen and oxygen atoms in total. The molecular weight excluding hydrogens is 623 g/mol. The van der Waals surface area contributed by atoms with E-state index in [2.05, 4.69) is 167 Å². The number of hydrogen-bond donors (Lipinski definition) is 0. The van der Waals surface area contributed by atoms with Crippen molar-refractivity contribution in [1.29, 1.82) is 0 Å². The van der Waals surface area contributed by atoms with Crippen molar-refractivity contribution in [3.8, 4) is 45.4 Å². The average Bonchev–Trinajstić information content (AvgIpc) is 3.85. The van der Waals surface area contributed by atoms with Crippen molar-refractivity contribution in [2.75, 3.05) is 0 Å². The minimum Gasteiger partial charge on any atom is -0.309 e. The summed E-state index contributed by atoms with van der Waals surface area (Å²) in [5.41, 5.74) is 14.1. The molecule has 0 saturated carbocycles. The molecule has 11 rings (SSSR count). The molecule has 0 radical (unpaired) electrons. The van der Waals surface area contributed by atoms with Crippen LogP contribution >= 0.6 is 0 Å². The van der Waals surface area contributed by atoms with E-state index in [-0.39, 0.29) is 0 Å². The first-order chi connectivity index (χ1) is 25.3. The van der Waals surface area contributed by atoms with Crippen LogP contribution in [0.1, 0.15) is 11.1 Å². The molecule has 4 aromatic heterocycles. The van der Waals surface area contributed by atoms with Gasteiger partial charge in [0.1, 0.15) is 0 Å². The minimum absolute atomic E-state index is 0.703. The highest BCUT2D eigenvalue weighted by Gasteiger charge is 2.24. The largest absolute Gasteiger partial charge is 0.309 e. The molecule has 4 heterocycles. The van der Waals surface area contributed by atoms with E-state index >= 15 is 0 Å². The molecule has 0 N–H and O–H groups in total. The lowest BCUT2D eigenvalue weighted by atomic mass is 10.1. The van der Waals surface area contributed by atoms with Gasteiger partial charge in [-0.15, -0.1) is 0 Å². The Hall–Kier alpha value is -6.85. The maximum Gasteiger partial charge on any atom is 0.159 e. The first-order valence-corrected chi connectivity index (χ1v) is 17.3. The van der Waals surface area contributed by atoms with Crippen LogP contribution < -0.4 is 0 Å². The highest BCUT2D eigenvalue weighted by atomic mass is 15.0. The maximum atomic E-state index is 5.29. The van der Waals surface area contributed by atoms with E-state index in [1.54, 1.807) is 0 Å². The number of pyridine rings is 1. The van der Waals surface area contributed by atoms with Crippen LogP contribution in [0.2, 0.25) is 0 Å². The van der Waals surface area contributed by atoms with Crippen molar-refractivity contribution in [3.05, 3.63) is 175 Å². The van der Waals surface area contributed by atoms with E-state index in [4.69, 9.17) is 15.0 Å². The summed E-state index contributed by atoms with van der Waals surface area (Å²) in [6.45, 7) is 0. The van der Waals surface area contributed by atoms with Gasteiger partial charge in [0.25, 0.3) is 0 Å². The third-order valence-electron chi connectivity index (χ3n) is 10.4. The Kier molecular flexibility index (Phi) is 5.95. The quantitative estimate of drug-likeness (QED) is 0.190. The first kappa shape index (κ1) is 28.0. The fraction of sp³-hybridized carbons (Fsp3) is 0.0217. The van der Waals surface area contributed by atoms with Crippen molar-refractivity contribution in [2.24, 2.45) is 0 Å². The summed E-state index contributed by atoms with van der Waals surface area (Å²) in [6.07, 6.45) is 2.76. The van der Waals surface area contributed by atoms with Crippen molar-refractivity contribution in [2.45, 2.75) is 6.42 Å². The highest BCUT2D eigenvalue weighted by Crippen LogP contribution is 2.39. The highest BCUT2D eigenvalue weighted by molar-refractivity contribution is 6.11. The smallest absolute Gasteiger partial charge is 0.159 e. The van der Waals surface area contributed by atoms with E-state index in [1.165, 1.54) is 38.1 Å². The molecule has 0 amide bonds. The molecule has 238 valence electrons. The third kappa shape index (κ3) is 4.25. The van der Waals surface area contributed by atoms with Gasteiger partial charge in [-0.2, -0.15) is 0 Å². The predicted octanol–water partition coefficient (Wildman–Crippen LogP) is 11.0. The summed E-state index contributed by atoms with van der Waals surface area (Å²) in [7, 11) is 0. The molecule has 0 bridgehead atoms. The molecule has 5 heteroatoms. The Morgan fingerprint density at radius 1 is 0.412 bits per heavy atom. The summed E-state index contributed by atoms with van der Waals surface area (Å²) in [5.74, 6) is 0.703. The zero-order chi connectivity index (χ0) is 33.5. The average molecular weight is 652 g/mol. The van der Waals surface area contributed by atoms with Crippen molar-refractivity contribution >= 4 is 43.6 Å². The lowest BCUT2D eigenvalue weighted by Gasteiger charge is -2.10. The molecule has 0 spiro atoms. The third-order valence-corrected chi connectivity index (χ3v) is 10.4. The van der Waals surface area contributed by atoms with Gasteiger partial charge in [-0.25, -0.2) is 15.0 Å².